The molecule has 1 atom stereocenters. The Balaban J connectivity index is 1.87. The van der Waals surface area contributed by atoms with Crippen molar-refractivity contribution in [3.8, 4) is 11.4 Å². The summed E-state index contributed by atoms with van der Waals surface area (Å²) in [6.45, 7) is 0. The lowest BCUT2D eigenvalue weighted by atomic mass is 10.2. The number of hydrogen-bond donors (Lipinski definition) is 0. The first-order valence-electron chi connectivity index (χ1n) is 7.60. The second kappa shape index (κ2) is 7.15. The van der Waals surface area contributed by atoms with Gasteiger partial charge in [0.2, 0.25) is 5.82 Å². The van der Waals surface area contributed by atoms with E-state index in [-0.39, 0.29) is 21.8 Å². The molecule has 2 aromatic carbocycles. The molecule has 0 aliphatic carbocycles. The van der Waals surface area contributed by atoms with E-state index in [1.165, 1.54) is 42.7 Å². The molecule has 0 bridgehead atoms. The van der Waals surface area contributed by atoms with Crippen LogP contribution in [0.4, 0.5) is 17.6 Å². The Labute approximate surface area is 156 Å². The summed E-state index contributed by atoms with van der Waals surface area (Å²) in [6, 6.07) is 9.93. The number of alkyl halides is 3. The molecule has 11 heteroatoms. The zero-order chi connectivity index (χ0) is 20.5. The van der Waals surface area contributed by atoms with Crippen LogP contribution in [0.15, 0.2) is 62.3 Å². The molecule has 3 aromatic rings. The van der Waals surface area contributed by atoms with Crippen molar-refractivity contribution >= 4 is 15.6 Å². The maximum Gasteiger partial charge on any atom is 0.471 e. The van der Waals surface area contributed by atoms with Crippen LogP contribution in [0.1, 0.15) is 16.2 Å². The lowest BCUT2D eigenvalue weighted by molar-refractivity contribution is -0.159. The van der Waals surface area contributed by atoms with E-state index in [4.69, 9.17) is 0 Å². The van der Waals surface area contributed by atoms with Crippen LogP contribution in [0, 0.1) is 5.82 Å². The summed E-state index contributed by atoms with van der Waals surface area (Å²) in [7, 11) is -3.15. The second-order valence-electron chi connectivity index (χ2n) is 5.65. The molecule has 0 N–H and O–H groups in total. The third-order valence-electron chi connectivity index (χ3n) is 3.57. The average Bonchev–Trinajstić information content (AvgIpc) is 3.12. The number of benzene rings is 2. The van der Waals surface area contributed by atoms with Crippen LogP contribution in [-0.2, 0) is 15.9 Å². The maximum absolute atomic E-state index is 12.9. The SMILES string of the molecule is CS(=O)(=NC(=O)c1ccc(F)cc1)c1ccc(-c2noc(C(F)(F)F)n2)cc1. The molecule has 0 aliphatic heterocycles. The summed E-state index contributed by atoms with van der Waals surface area (Å²) in [5.41, 5.74) is 0.266. The Hall–Kier alpha value is -3.08. The van der Waals surface area contributed by atoms with E-state index in [0.717, 1.165) is 12.1 Å². The predicted molar refractivity (Wildman–Crippen MR) is 90.2 cm³/mol. The lowest BCUT2D eigenvalue weighted by Gasteiger charge is -2.05. The van der Waals surface area contributed by atoms with Gasteiger partial charge in [-0.3, -0.25) is 4.79 Å². The van der Waals surface area contributed by atoms with Crippen molar-refractivity contribution in [3.63, 3.8) is 0 Å². The van der Waals surface area contributed by atoms with Crippen molar-refractivity contribution in [2.45, 2.75) is 11.1 Å². The van der Waals surface area contributed by atoms with E-state index in [2.05, 4.69) is 19.0 Å². The first-order chi connectivity index (χ1) is 13.1. The minimum Gasteiger partial charge on any atom is -0.329 e. The smallest absolute Gasteiger partial charge is 0.329 e. The van der Waals surface area contributed by atoms with Gasteiger partial charge in [0.25, 0.3) is 5.91 Å². The maximum atomic E-state index is 12.9. The van der Waals surface area contributed by atoms with Crippen molar-refractivity contribution in [1.29, 1.82) is 0 Å². The molecule has 1 aromatic heterocycles. The summed E-state index contributed by atoms with van der Waals surface area (Å²) in [4.78, 5) is 15.6. The van der Waals surface area contributed by atoms with Gasteiger partial charge in [-0.05, 0) is 48.5 Å². The molecule has 0 fully saturated rings. The Morgan fingerprint density at radius 3 is 2.21 bits per heavy atom. The fraction of sp³-hybridized carbons (Fsp3) is 0.118. The third-order valence-corrected chi connectivity index (χ3v) is 5.23. The van der Waals surface area contributed by atoms with Crippen molar-refractivity contribution < 1.29 is 31.1 Å². The standard InChI is InChI=1S/C17H11F4N3O3S/c1-28(26,24-15(25)11-2-6-12(18)7-3-11)13-8-4-10(5-9-13)14-22-16(27-23-14)17(19,20)21/h2-9H,1H3. The fourth-order valence-corrected chi connectivity index (χ4v) is 3.34. The highest BCUT2D eigenvalue weighted by Gasteiger charge is 2.38. The van der Waals surface area contributed by atoms with Gasteiger partial charge in [0.1, 0.15) is 5.82 Å². The van der Waals surface area contributed by atoms with Crippen molar-refractivity contribution in [2.24, 2.45) is 4.36 Å². The minimum absolute atomic E-state index is 0.0686. The molecule has 6 nitrogen and oxygen atoms in total. The van der Waals surface area contributed by atoms with Crippen LogP contribution < -0.4 is 0 Å². The average molecular weight is 413 g/mol. The first kappa shape index (κ1) is 19.7. The van der Waals surface area contributed by atoms with Gasteiger partial charge in [-0.15, -0.1) is 0 Å². The van der Waals surface area contributed by atoms with Gasteiger partial charge in [-0.25, -0.2) is 8.60 Å². The Kier molecular flexibility index (Phi) is 5.02. The normalized spacial score (nSPS) is 13.8. The van der Waals surface area contributed by atoms with Crippen molar-refractivity contribution in [3.05, 3.63) is 65.8 Å². The number of hydrogen-bond acceptors (Lipinski definition) is 5. The highest BCUT2D eigenvalue weighted by molar-refractivity contribution is 7.93. The quantitative estimate of drug-likeness (QED) is 0.601. The number of rotatable bonds is 3. The van der Waals surface area contributed by atoms with Gasteiger partial charge in [0.15, 0.2) is 0 Å². The zero-order valence-corrected chi connectivity index (χ0v) is 14.9. The highest BCUT2D eigenvalue weighted by atomic mass is 32.2. The van der Waals surface area contributed by atoms with E-state index < -0.39 is 33.5 Å². The summed E-state index contributed by atoms with van der Waals surface area (Å²) >= 11 is 0. The number of aromatic nitrogens is 2. The summed E-state index contributed by atoms with van der Waals surface area (Å²) < 4.78 is 71.1. The highest BCUT2D eigenvalue weighted by Crippen LogP contribution is 2.29. The molecule has 1 unspecified atom stereocenters. The minimum atomic E-state index is -4.76. The lowest BCUT2D eigenvalue weighted by Crippen LogP contribution is -2.05. The zero-order valence-electron chi connectivity index (χ0n) is 14.1. The summed E-state index contributed by atoms with van der Waals surface area (Å²) in [6.07, 6.45) is -3.53. The molecule has 1 amide bonds. The summed E-state index contributed by atoms with van der Waals surface area (Å²) in [5.74, 6) is -3.09. The molecule has 1 heterocycles. The molecule has 3 rings (SSSR count). The van der Waals surface area contributed by atoms with E-state index in [0.29, 0.717) is 0 Å². The molecule has 0 aliphatic rings. The van der Waals surface area contributed by atoms with Crippen LogP contribution in [-0.4, -0.2) is 26.5 Å². The molecule has 0 radical (unpaired) electrons. The Bertz CT molecular complexity index is 1130. The van der Waals surface area contributed by atoms with Crippen LogP contribution >= 0.6 is 0 Å². The number of carbonyl (C=O) groups excluding carboxylic acids is 1. The largest absolute Gasteiger partial charge is 0.471 e. The van der Waals surface area contributed by atoms with Gasteiger partial charge in [-0.1, -0.05) is 5.16 Å². The monoisotopic (exact) mass is 413 g/mol. The van der Waals surface area contributed by atoms with E-state index in [9.17, 15) is 26.6 Å². The van der Waals surface area contributed by atoms with Gasteiger partial charge in [0, 0.05) is 22.3 Å². The number of halogens is 4. The van der Waals surface area contributed by atoms with Crippen LogP contribution in [0.3, 0.4) is 0 Å². The second-order valence-corrected chi connectivity index (χ2v) is 7.91. The fourth-order valence-electron chi connectivity index (χ4n) is 2.17. The molecule has 146 valence electrons. The molecular formula is C17H11F4N3O3S. The van der Waals surface area contributed by atoms with Crippen LogP contribution in [0.25, 0.3) is 11.4 Å². The predicted octanol–water partition coefficient (Wildman–Crippen LogP) is 4.19. The van der Waals surface area contributed by atoms with E-state index >= 15 is 0 Å². The van der Waals surface area contributed by atoms with Gasteiger partial charge >= 0.3 is 12.1 Å². The van der Waals surface area contributed by atoms with E-state index in [1.807, 2.05) is 0 Å². The third kappa shape index (κ3) is 4.25. The van der Waals surface area contributed by atoms with Crippen LogP contribution in [0.5, 0.6) is 0 Å². The van der Waals surface area contributed by atoms with Crippen LogP contribution in [0.2, 0.25) is 0 Å². The molecule has 0 saturated carbocycles. The number of amides is 1. The molecule has 0 spiro atoms. The number of carbonyl (C=O) groups is 1. The molecular weight excluding hydrogens is 402 g/mol. The Morgan fingerprint density at radius 2 is 1.68 bits per heavy atom. The first-order valence-corrected chi connectivity index (χ1v) is 9.52. The molecule has 28 heavy (non-hydrogen) atoms. The Morgan fingerprint density at radius 1 is 1.07 bits per heavy atom. The van der Waals surface area contributed by atoms with Crippen molar-refractivity contribution in [2.75, 3.05) is 6.26 Å². The van der Waals surface area contributed by atoms with Gasteiger partial charge in [0.05, 0.1) is 9.73 Å². The molecule has 0 saturated heterocycles. The van der Waals surface area contributed by atoms with Gasteiger partial charge in [-0.2, -0.15) is 22.5 Å². The van der Waals surface area contributed by atoms with E-state index in [1.54, 1.807) is 0 Å². The summed E-state index contributed by atoms with van der Waals surface area (Å²) in [5, 5.41) is 3.25. The van der Waals surface area contributed by atoms with Gasteiger partial charge < -0.3 is 4.52 Å². The topological polar surface area (TPSA) is 85.4 Å². The number of nitrogens with zero attached hydrogens (tertiary/aromatic N) is 3. The van der Waals surface area contributed by atoms with Crippen molar-refractivity contribution in [1.82, 2.24) is 10.1 Å².